The largest absolute Gasteiger partial charge is 0.475 e. The summed E-state index contributed by atoms with van der Waals surface area (Å²) in [5, 5.41) is 4.24. The summed E-state index contributed by atoms with van der Waals surface area (Å²) >= 11 is 0. The van der Waals surface area contributed by atoms with Crippen LogP contribution in [0.4, 0.5) is 0 Å². The van der Waals surface area contributed by atoms with Crippen molar-refractivity contribution in [3.8, 4) is 0 Å². The molecule has 0 unspecified atom stereocenters. The van der Waals surface area contributed by atoms with E-state index in [1.165, 1.54) is 49.3 Å². The molecule has 1 heterocycles. The minimum absolute atomic E-state index is 0.0791. The van der Waals surface area contributed by atoms with Crippen molar-refractivity contribution in [2.45, 2.75) is 68.4 Å². The number of benzene rings is 3. The lowest BCUT2D eigenvalue weighted by Gasteiger charge is -2.28. The van der Waals surface area contributed by atoms with E-state index in [4.69, 9.17) is 9.73 Å². The molecule has 0 radical (unpaired) electrons. The van der Waals surface area contributed by atoms with Crippen LogP contribution in [0.1, 0.15) is 59.7 Å². The molecular weight excluding hydrogens is 433 g/mol. The Balaban J connectivity index is 2.00. The molecule has 0 N–H and O–H groups in total. The Morgan fingerprint density at radius 1 is 0.765 bits per heavy atom. The van der Waals surface area contributed by atoms with Crippen LogP contribution in [0.25, 0.3) is 0 Å². The molecule has 1 aliphatic heterocycles. The van der Waals surface area contributed by atoms with Crippen LogP contribution in [0.15, 0.2) is 53.5 Å². The number of aliphatic imine (C=N–C) groups is 1. The third-order valence-corrected chi connectivity index (χ3v) is 9.92. The van der Waals surface area contributed by atoms with Gasteiger partial charge in [0.15, 0.2) is 0 Å². The molecule has 34 heavy (non-hydrogen) atoms. The first kappa shape index (κ1) is 24.7. The molecule has 0 aromatic heterocycles. The number of aryl methyl sites for hydroxylation is 6. The van der Waals surface area contributed by atoms with Gasteiger partial charge in [0, 0.05) is 5.56 Å². The maximum Gasteiger partial charge on any atom is 0.217 e. The summed E-state index contributed by atoms with van der Waals surface area (Å²) < 4.78 is 6.26. The lowest BCUT2D eigenvalue weighted by atomic mass is 9.88. The molecule has 0 amide bonds. The van der Waals surface area contributed by atoms with Gasteiger partial charge in [-0.1, -0.05) is 74.4 Å². The molecule has 0 aliphatic carbocycles. The van der Waals surface area contributed by atoms with E-state index in [9.17, 15) is 0 Å². The summed E-state index contributed by atoms with van der Waals surface area (Å²) in [6, 6.07) is 18.3. The van der Waals surface area contributed by atoms with Gasteiger partial charge >= 0.3 is 0 Å². The van der Waals surface area contributed by atoms with Crippen molar-refractivity contribution < 1.29 is 4.74 Å². The van der Waals surface area contributed by atoms with Gasteiger partial charge in [-0.15, -0.1) is 0 Å². The molecule has 0 saturated heterocycles. The zero-order chi connectivity index (χ0) is 24.8. The van der Waals surface area contributed by atoms with Crippen LogP contribution in [0.3, 0.4) is 0 Å². The van der Waals surface area contributed by atoms with Crippen molar-refractivity contribution in [2.75, 3.05) is 6.61 Å². The lowest BCUT2D eigenvalue weighted by molar-refractivity contribution is 0.236. The van der Waals surface area contributed by atoms with Crippen molar-refractivity contribution in [3.05, 3.63) is 87.5 Å². The van der Waals surface area contributed by atoms with E-state index < -0.39 is 7.92 Å². The fourth-order valence-electron chi connectivity index (χ4n) is 5.22. The van der Waals surface area contributed by atoms with Gasteiger partial charge in [-0.3, -0.25) is 0 Å². The molecule has 0 saturated carbocycles. The van der Waals surface area contributed by atoms with E-state index >= 15 is 0 Å². The molecule has 1 aliphatic rings. The van der Waals surface area contributed by atoms with Crippen molar-refractivity contribution in [2.24, 2.45) is 10.4 Å². The third-order valence-electron chi connectivity index (χ3n) is 6.74. The Kier molecular flexibility index (Phi) is 6.76. The quantitative estimate of drug-likeness (QED) is 0.399. The molecular formula is C31H38NOP. The van der Waals surface area contributed by atoms with Gasteiger partial charge in [-0.25, -0.2) is 4.99 Å². The second kappa shape index (κ2) is 9.31. The molecule has 4 rings (SSSR count). The Morgan fingerprint density at radius 2 is 1.24 bits per heavy atom. The Hall–Kier alpha value is -2.44. The molecule has 3 heteroatoms. The molecule has 3 aromatic rings. The van der Waals surface area contributed by atoms with Crippen LogP contribution < -0.4 is 15.9 Å². The molecule has 1 atom stereocenters. The van der Waals surface area contributed by atoms with Gasteiger partial charge in [0.1, 0.15) is 6.61 Å². The minimum atomic E-state index is -0.794. The zero-order valence-electron chi connectivity index (χ0n) is 22.2. The predicted octanol–water partition coefficient (Wildman–Crippen LogP) is 6.49. The number of hydrogen-bond donors (Lipinski definition) is 0. The first-order valence-corrected chi connectivity index (χ1v) is 13.6. The van der Waals surface area contributed by atoms with Crippen molar-refractivity contribution in [3.63, 3.8) is 0 Å². The lowest BCUT2D eigenvalue weighted by Crippen LogP contribution is -2.30. The topological polar surface area (TPSA) is 21.6 Å². The Bertz CT molecular complexity index is 1160. The SMILES string of the molecule is Cc1cc(C)c(P(c2ccccc2C2=N[C@H](C(C)(C)C)CO2)c2c(C)cc(C)cc2C)c(C)c1. The molecule has 3 aromatic carbocycles. The number of rotatable bonds is 4. The van der Waals surface area contributed by atoms with E-state index in [1.807, 2.05) is 0 Å². The second-order valence-corrected chi connectivity index (χ2v) is 13.0. The monoisotopic (exact) mass is 471 g/mol. The highest BCUT2D eigenvalue weighted by molar-refractivity contribution is 7.80. The van der Waals surface area contributed by atoms with E-state index in [0.717, 1.165) is 11.5 Å². The molecule has 0 bridgehead atoms. The summed E-state index contributed by atoms with van der Waals surface area (Å²) in [6.45, 7) is 20.8. The molecule has 0 fully saturated rings. The predicted molar refractivity (Wildman–Crippen MR) is 149 cm³/mol. The maximum absolute atomic E-state index is 6.26. The Labute approximate surface area is 207 Å². The third kappa shape index (κ3) is 4.71. The van der Waals surface area contributed by atoms with Crippen LogP contribution in [-0.4, -0.2) is 18.5 Å². The van der Waals surface area contributed by atoms with Crippen molar-refractivity contribution in [1.29, 1.82) is 0 Å². The first-order chi connectivity index (χ1) is 16.0. The van der Waals surface area contributed by atoms with Crippen LogP contribution in [0.5, 0.6) is 0 Å². The van der Waals surface area contributed by atoms with E-state index in [2.05, 4.69) is 111 Å². The van der Waals surface area contributed by atoms with Gasteiger partial charge in [-0.2, -0.15) is 0 Å². The zero-order valence-corrected chi connectivity index (χ0v) is 23.1. The van der Waals surface area contributed by atoms with Crippen LogP contribution in [-0.2, 0) is 4.74 Å². The normalized spacial score (nSPS) is 16.1. The van der Waals surface area contributed by atoms with E-state index in [-0.39, 0.29) is 11.5 Å². The fourth-order valence-corrected chi connectivity index (χ4v) is 8.24. The maximum atomic E-state index is 6.26. The van der Waals surface area contributed by atoms with Gasteiger partial charge in [0.25, 0.3) is 0 Å². The first-order valence-electron chi connectivity index (χ1n) is 12.2. The van der Waals surface area contributed by atoms with Crippen molar-refractivity contribution in [1.82, 2.24) is 0 Å². The van der Waals surface area contributed by atoms with E-state index in [1.54, 1.807) is 0 Å². The second-order valence-electron chi connectivity index (χ2n) is 11.0. The average Bonchev–Trinajstić information content (AvgIpc) is 3.22. The van der Waals surface area contributed by atoms with Crippen LogP contribution >= 0.6 is 7.92 Å². The highest BCUT2D eigenvalue weighted by Crippen LogP contribution is 2.40. The van der Waals surface area contributed by atoms with Gasteiger partial charge in [0.2, 0.25) is 5.90 Å². The van der Waals surface area contributed by atoms with E-state index in [0.29, 0.717) is 6.61 Å². The minimum Gasteiger partial charge on any atom is -0.475 e. The van der Waals surface area contributed by atoms with Gasteiger partial charge in [0.05, 0.1) is 6.04 Å². The summed E-state index contributed by atoms with van der Waals surface area (Å²) in [5.74, 6) is 0.799. The molecule has 178 valence electrons. The smallest absolute Gasteiger partial charge is 0.217 e. The standard InChI is InChI=1S/C31H38NOP/c1-19-14-21(3)28(22(4)15-19)34(29-23(5)16-20(2)17-24(29)6)26-13-11-10-12-25(26)30-32-27(18-33-30)31(7,8)9/h10-17,27H,18H2,1-9H3/t27-/m0/s1. The average molecular weight is 472 g/mol. The van der Waals surface area contributed by atoms with Crippen LogP contribution in [0.2, 0.25) is 0 Å². The summed E-state index contributed by atoms with van der Waals surface area (Å²) in [6.07, 6.45) is 0. The molecule has 2 nitrogen and oxygen atoms in total. The number of ether oxygens (including phenoxy) is 1. The van der Waals surface area contributed by atoms with Crippen molar-refractivity contribution >= 4 is 29.7 Å². The van der Waals surface area contributed by atoms with Gasteiger partial charge in [-0.05, 0) is 99.1 Å². The summed E-state index contributed by atoms with van der Waals surface area (Å²) in [5.41, 5.74) is 9.29. The number of nitrogens with zero attached hydrogens (tertiary/aromatic N) is 1. The van der Waals surface area contributed by atoms with Gasteiger partial charge < -0.3 is 4.74 Å². The van der Waals surface area contributed by atoms with Crippen LogP contribution in [0, 0.1) is 47.0 Å². The Morgan fingerprint density at radius 3 is 1.68 bits per heavy atom. The highest BCUT2D eigenvalue weighted by Gasteiger charge is 2.33. The molecule has 0 spiro atoms. The highest BCUT2D eigenvalue weighted by atomic mass is 31.1. The number of hydrogen-bond acceptors (Lipinski definition) is 2. The summed E-state index contributed by atoms with van der Waals surface area (Å²) in [7, 11) is -0.794. The fraction of sp³-hybridized carbons (Fsp3) is 0.387. The summed E-state index contributed by atoms with van der Waals surface area (Å²) in [4.78, 5) is 5.08.